The molecular weight excluding hydrogens is 238 g/mol. The van der Waals surface area contributed by atoms with E-state index in [0.29, 0.717) is 13.0 Å². The lowest BCUT2D eigenvalue weighted by molar-refractivity contribution is -0.143. The van der Waals surface area contributed by atoms with Gasteiger partial charge in [-0.2, -0.15) is 0 Å². The number of primary amides is 1. The van der Waals surface area contributed by atoms with Gasteiger partial charge in [-0.3, -0.25) is 9.59 Å². The monoisotopic (exact) mass is 257 g/mol. The van der Waals surface area contributed by atoms with E-state index < -0.39 is 23.3 Å². The molecular formula is C11H19N3O4. The van der Waals surface area contributed by atoms with Crippen LogP contribution in [0.2, 0.25) is 0 Å². The van der Waals surface area contributed by atoms with Gasteiger partial charge in [-0.1, -0.05) is 0 Å². The molecule has 18 heavy (non-hydrogen) atoms. The van der Waals surface area contributed by atoms with E-state index in [9.17, 15) is 14.4 Å². The number of hydrogen-bond donors (Lipinski definition) is 4. The number of nitrogens with one attached hydrogen (secondary N) is 2. The zero-order chi connectivity index (χ0) is 13.8. The van der Waals surface area contributed by atoms with Crippen molar-refractivity contribution in [3.05, 3.63) is 0 Å². The number of nitrogens with two attached hydrogens (primary N) is 1. The summed E-state index contributed by atoms with van der Waals surface area (Å²) in [7, 11) is 0. The minimum atomic E-state index is -1.15. The molecule has 0 aromatic heterocycles. The number of carboxylic acid groups (broad SMARTS) is 1. The van der Waals surface area contributed by atoms with Gasteiger partial charge in [0.05, 0.1) is 5.41 Å². The second-order valence-electron chi connectivity index (χ2n) is 4.86. The summed E-state index contributed by atoms with van der Waals surface area (Å²) in [5.74, 6) is -2.03. The fraction of sp³-hybridized carbons (Fsp3) is 0.727. The number of rotatable bonds is 6. The first-order chi connectivity index (χ1) is 8.35. The molecule has 102 valence electrons. The second-order valence-corrected chi connectivity index (χ2v) is 4.86. The third-order valence-corrected chi connectivity index (χ3v) is 3.20. The molecule has 0 spiro atoms. The maximum Gasteiger partial charge on any atom is 0.326 e. The first kappa shape index (κ1) is 14.4. The number of carbonyl (C=O) groups is 3. The van der Waals surface area contributed by atoms with Crippen molar-refractivity contribution in [2.24, 2.45) is 11.1 Å². The number of carbonyl (C=O) groups excluding carboxylic acids is 2. The van der Waals surface area contributed by atoms with E-state index >= 15 is 0 Å². The number of hydrogen-bond acceptors (Lipinski definition) is 4. The predicted molar refractivity (Wildman–Crippen MR) is 63.6 cm³/mol. The molecule has 1 rings (SSSR count). The van der Waals surface area contributed by atoms with E-state index in [4.69, 9.17) is 10.8 Å². The van der Waals surface area contributed by atoms with Gasteiger partial charge in [0, 0.05) is 13.0 Å². The minimum absolute atomic E-state index is 0.0138. The van der Waals surface area contributed by atoms with E-state index in [1.807, 2.05) is 0 Å². The van der Waals surface area contributed by atoms with Crippen molar-refractivity contribution in [3.8, 4) is 0 Å². The van der Waals surface area contributed by atoms with Gasteiger partial charge in [-0.05, 0) is 26.3 Å². The lowest BCUT2D eigenvalue weighted by Crippen LogP contribution is -2.48. The van der Waals surface area contributed by atoms with Crippen LogP contribution in [0.4, 0.5) is 0 Å². The van der Waals surface area contributed by atoms with E-state index in [1.54, 1.807) is 6.92 Å². The van der Waals surface area contributed by atoms with Gasteiger partial charge >= 0.3 is 5.97 Å². The Morgan fingerprint density at radius 1 is 1.50 bits per heavy atom. The topological polar surface area (TPSA) is 122 Å². The highest BCUT2D eigenvalue weighted by atomic mass is 16.4. The molecule has 2 amide bonds. The van der Waals surface area contributed by atoms with Crippen molar-refractivity contribution in [2.45, 2.75) is 32.2 Å². The predicted octanol–water partition coefficient (Wildman–Crippen LogP) is -1.18. The molecule has 0 radical (unpaired) electrons. The van der Waals surface area contributed by atoms with Crippen molar-refractivity contribution in [1.29, 1.82) is 0 Å². The van der Waals surface area contributed by atoms with Crippen LogP contribution in [0, 0.1) is 5.41 Å². The summed E-state index contributed by atoms with van der Waals surface area (Å²) in [6.45, 7) is 3.05. The molecule has 1 unspecified atom stereocenters. The van der Waals surface area contributed by atoms with Crippen LogP contribution in [-0.2, 0) is 14.4 Å². The van der Waals surface area contributed by atoms with Crippen LogP contribution in [0.15, 0.2) is 0 Å². The molecule has 0 aromatic carbocycles. The molecule has 1 saturated heterocycles. The van der Waals surface area contributed by atoms with Crippen LogP contribution in [0.3, 0.4) is 0 Å². The molecule has 0 aliphatic carbocycles. The normalized spacial score (nSPS) is 24.5. The van der Waals surface area contributed by atoms with E-state index in [0.717, 1.165) is 6.54 Å². The molecule has 5 N–H and O–H groups in total. The summed E-state index contributed by atoms with van der Waals surface area (Å²) in [5, 5.41) is 14.5. The number of carboxylic acids is 1. The van der Waals surface area contributed by atoms with Gasteiger partial charge in [0.2, 0.25) is 11.8 Å². The Morgan fingerprint density at radius 3 is 2.61 bits per heavy atom. The lowest BCUT2D eigenvalue weighted by Gasteiger charge is -2.24. The Kier molecular flexibility index (Phi) is 4.66. The Morgan fingerprint density at radius 2 is 2.17 bits per heavy atom. The molecule has 1 aliphatic heterocycles. The SMILES string of the molecule is CC1(C(=O)N[C@@H](CCC(N)=O)C(=O)O)CCNC1. The summed E-state index contributed by atoms with van der Waals surface area (Å²) < 4.78 is 0. The smallest absolute Gasteiger partial charge is 0.326 e. The van der Waals surface area contributed by atoms with Crippen molar-refractivity contribution in [1.82, 2.24) is 10.6 Å². The Bertz CT molecular complexity index is 350. The molecule has 1 heterocycles. The molecule has 0 bridgehead atoms. The highest BCUT2D eigenvalue weighted by molar-refractivity contribution is 5.88. The third-order valence-electron chi connectivity index (χ3n) is 3.20. The zero-order valence-electron chi connectivity index (χ0n) is 10.4. The van der Waals surface area contributed by atoms with Crippen molar-refractivity contribution in [3.63, 3.8) is 0 Å². The Balaban J connectivity index is 2.57. The zero-order valence-corrected chi connectivity index (χ0v) is 10.4. The Labute approximate surface area is 105 Å². The van der Waals surface area contributed by atoms with Crippen LogP contribution in [0.5, 0.6) is 0 Å². The fourth-order valence-electron chi connectivity index (χ4n) is 1.89. The van der Waals surface area contributed by atoms with Crippen LogP contribution >= 0.6 is 0 Å². The Hall–Kier alpha value is -1.63. The quantitative estimate of drug-likeness (QED) is 0.477. The molecule has 0 saturated carbocycles. The van der Waals surface area contributed by atoms with Crippen molar-refractivity contribution >= 4 is 17.8 Å². The molecule has 1 aliphatic rings. The van der Waals surface area contributed by atoms with Gasteiger partial charge in [0.15, 0.2) is 0 Å². The minimum Gasteiger partial charge on any atom is -0.480 e. The molecule has 7 heteroatoms. The molecule has 2 atom stereocenters. The summed E-state index contributed by atoms with van der Waals surface area (Å²) >= 11 is 0. The van der Waals surface area contributed by atoms with E-state index in [2.05, 4.69) is 10.6 Å². The van der Waals surface area contributed by atoms with Gasteiger partial charge in [-0.25, -0.2) is 4.79 Å². The summed E-state index contributed by atoms with van der Waals surface area (Å²) in [4.78, 5) is 33.6. The van der Waals surface area contributed by atoms with Gasteiger partial charge in [0.1, 0.15) is 6.04 Å². The fourth-order valence-corrected chi connectivity index (χ4v) is 1.89. The summed E-state index contributed by atoms with van der Waals surface area (Å²) in [5.41, 5.74) is 4.38. The molecule has 0 aromatic rings. The van der Waals surface area contributed by atoms with Crippen molar-refractivity contribution < 1.29 is 19.5 Å². The standard InChI is InChI=1S/C11H19N3O4/c1-11(4-5-13-6-11)10(18)14-7(9(16)17)2-3-8(12)15/h7,13H,2-6H2,1H3,(H2,12,15)(H,14,18)(H,16,17)/t7-,11?/m0/s1. The lowest BCUT2D eigenvalue weighted by atomic mass is 9.88. The average Bonchev–Trinajstić information content (AvgIpc) is 2.71. The maximum absolute atomic E-state index is 12.0. The van der Waals surface area contributed by atoms with Gasteiger partial charge in [0.25, 0.3) is 0 Å². The van der Waals surface area contributed by atoms with Crippen LogP contribution in [-0.4, -0.2) is 42.0 Å². The van der Waals surface area contributed by atoms with Crippen LogP contribution in [0.1, 0.15) is 26.2 Å². The third kappa shape index (κ3) is 3.69. The summed E-state index contributed by atoms with van der Waals surface area (Å²) in [6, 6.07) is -1.07. The molecule has 7 nitrogen and oxygen atoms in total. The number of aliphatic carboxylic acids is 1. The van der Waals surface area contributed by atoms with Crippen LogP contribution in [0.25, 0.3) is 0 Å². The average molecular weight is 257 g/mol. The first-order valence-corrected chi connectivity index (χ1v) is 5.88. The van der Waals surface area contributed by atoms with Crippen molar-refractivity contribution in [2.75, 3.05) is 13.1 Å². The van der Waals surface area contributed by atoms with Gasteiger partial charge < -0.3 is 21.5 Å². The summed E-state index contributed by atoms with van der Waals surface area (Å²) in [6.07, 6.45) is 0.618. The maximum atomic E-state index is 12.0. The first-order valence-electron chi connectivity index (χ1n) is 5.88. The highest BCUT2D eigenvalue weighted by Gasteiger charge is 2.38. The van der Waals surface area contributed by atoms with Gasteiger partial charge in [-0.15, -0.1) is 0 Å². The van der Waals surface area contributed by atoms with E-state index in [-0.39, 0.29) is 18.7 Å². The highest BCUT2D eigenvalue weighted by Crippen LogP contribution is 2.24. The number of amides is 2. The second kappa shape index (κ2) is 5.81. The molecule has 1 fully saturated rings. The van der Waals surface area contributed by atoms with E-state index in [1.165, 1.54) is 0 Å². The largest absolute Gasteiger partial charge is 0.480 e. The van der Waals surface area contributed by atoms with Crippen LogP contribution < -0.4 is 16.4 Å².